The molecule has 4 heteroatoms. The first-order valence-corrected chi connectivity index (χ1v) is 5.43. The van der Waals surface area contributed by atoms with E-state index in [0.29, 0.717) is 0 Å². The summed E-state index contributed by atoms with van der Waals surface area (Å²) >= 11 is 0. The summed E-state index contributed by atoms with van der Waals surface area (Å²) in [6, 6.07) is 0. The van der Waals surface area contributed by atoms with Gasteiger partial charge in [0.2, 0.25) is 0 Å². The molecule has 0 amide bonds. The van der Waals surface area contributed by atoms with E-state index in [9.17, 15) is 9.59 Å². The highest BCUT2D eigenvalue weighted by Gasteiger charge is 2.46. The van der Waals surface area contributed by atoms with Gasteiger partial charge in [0, 0.05) is 6.42 Å². The Bertz CT molecular complexity index is 380. The standard InChI is InChI=1S/C14H18O4/c1-5-7-9-11-14(10-8-6-2,12(15)17-3)13(16)18-4/h5,7,9H,1,10-11H2,2-4H3/b9-7+. The number of allylic oxidation sites excluding steroid dienone is 3. The molecule has 0 heterocycles. The van der Waals surface area contributed by atoms with Crippen LogP contribution < -0.4 is 0 Å². The fraction of sp³-hybridized carbons (Fsp3) is 0.429. The number of carbonyl (C=O) groups is 2. The fourth-order valence-electron chi connectivity index (χ4n) is 1.46. The highest BCUT2D eigenvalue weighted by atomic mass is 16.5. The van der Waals surface area contributed by atoms with Gasteiger partial charge in [-0.3, -0.25) is 9.59 Å². The van der Waals surface area contributed by atoms with E-state index in [2.05, 4.69) is 18.4 Å². The summed E-state index contributed by atoms with van der Waals surface area (Å²) in [4.78, 5) is 23.8. The third-order valence-corrected chi connectivity index (χ3v) is 2.46. The Morgan fingerprint density at radius 2 is 1.83 bits per heavy atom. The van der Waals surface area contributed by atoms with Crippen molar-refractivity contribution in [2.24, 2.45) is 5.41 Å². The van der Waals surface area contributed by atoms with Crippen LogP contribution in [0, 0.1) is 17.3 Å². The lowest BCUT2D eigenvalue weighted by Crippen LogP contribution is -2.40. The Morgan fingerprint density at radius 3 is 2.22 bits per heavy atom. The molecule has 0 atom stereocenters. The Hall–Kier alpha value is -2.02. The molecule has 4 nitrogen and oxygen atoms in total. The van der Waals surface area contributed by atoms with Gasteiger partial charge in [-0.25, -0.2) is 0 Å². The minimum absolute atomic E-state index is 0.0599. The van der Waals surface area contributed by atoms with Crippen molar-refractivity contribution < 1.29 is 19.1 Å². The average molecular weight is 250 g/mol. The molecule has 0 aromatic rings. The van der Waals surface area contributed by atoms with Crippen molar-refractivity contribution >= 4 is 11.9 Å². The van der Waals surface area contributed by atoms with Gasteiger partial charge in [0.15, 0.2) is 5.41 Å². The van der Waals surface area contributed by atoms with Crippen molar-refractivity contribution in [3.8, 4) is 11.8 Å². The van der Waals surface area contributed by atoms with Crippen LogP contribution in [0.15, 0.2) is 24.8 Å². The Balaban J connectivity index is 5.42. The van der Waals surface area contributed by atoms with Crippen LogP contribution in [-0.4, -0.2) is 26.2 Å². The molecule has 0 N–H and O–H groups in total. The van der Waals surface area contributed by atoms with Crippen LogP contribution in [0.4, 0.5) is 0 Å². The SMILES string of the molecule is C=C/C=C/CC(CC#CC)(C(=O)OC)C(=O)OC. The summed E-state index contributed by atoms with van der Waals surface area (Å²) in [6.45, 7) is 5.16. The van der Waals surface area contributed by atoms with E-state index >= 15 is 0 Å². The zero-order valence-corrected chi connectivity index (χ0v) is 11.0. The maximum atomic E-state index is 11.9. The predicted octanol–water partition coefficient (Wildman–Crippen LogP) is 1.86. The predicted molar refractivity (Wildman–Crippen MR) is 68.5 cm³/mol. The van der Waals surface area contributed by atoms with Crippen molar-refractivity contribution in [3.63, 3.8) is 0 Å². The van der Waals surface area contributed by atoms with Gasteiger partial charge in [0.1, 0.15) is 0 Å². The van der Waals surface area contributed by atoms with Gasteiger partial charge in [-0.05, 0) is 13.3 Å². The molecule has 0 saturated heterocycles. The lowest BCUT2D eigenvalue weighted by molar-refractivity contribution is -0.168. The van der Waals surface area contributed by atoms with E-state index in [1.807, 2.05) is 0 Å². The maximum Gasteiger partial charge on any atom is 0.324 e. The zero-order valence-electron chi connectivity index (χ0n) is 11.0. The monoisotopic (exact) mass is 250 g/mol. The number of hydrogen-bond donors (Lipinski definition) is 0. The Kier molecular flexibility index (Phi) is 7.22. The van der Waals surface area contributed by atoms with E-state index in [1.54, 1.807) is 25.2 Å². The number of ether oxygens (including phenoxy) is 2. The van der Waals surface area contributed by atoms with Crippen molar-refractivity contribution in [2.75, 3.05) is 14.2 Å². The minimum Gasteiger partial charge on any atom is -0.468 e. The molecule has 0 aromatic carbocycles. The average Bonchev–Trinajstić information content (AvgIpc) is 2.41. The minimum atomic E-state index is -1.41. The maximum absolute atomic E-state index is 11.9. The van der Waals surface area contributed by atoms with E-state index < -0.39 is 17.4 Å². The van der Waals surface area contributed by atoms with Gasteiger partial charge in [-0.15, -0.1) is 11.8 Å². The van der Waals surface area contributed by atoms with Crippen LogP contribution in [0.3, 0.4) is 0 Å². The van der Waals surface area contributed by atoms with Crippen LogP contribution in [0.2, 0.25) is 0 Å². The molecule has 18 heavy (non-hydrogen) atoms. The van der Waals surface area contributed by atoms with Gasteiger partial charge >= 0.3 is 11.9 Å². The van der Waals surface area contributed by atoms with E-state index in [0.717, 1.165) is 0 Å². The van der Waals surface area contributed by atoms with Crippen molar-refractivity contribution in [2.45, 2.75) is 19.8 Å². The molecule has 0 aliphatic rings. The van der Waals surface area contributed by atoms with Gasteiger partial charge in [0.05, 0.1) is 14.2 Å². The van der Waals surface area contributed by atoms with E-state index in [-0.39, 0.29) is 12.8 Å². The first-order valence-electron chi connectivity index (χ1n) is 5.43. The largest absolute Gasteiger partial charge is 0.468 e. The zero-order chi connectivity index (χ0) is 14.0. The number of carbonyl (C=O) groups excluding carboxylic acids is 2. The molecule has 0 unspecified atom stereocenters. The van der Waals surface area contributed by atoms with Gasteiger partial charge < -0.3 is 9.47 Å². The molecule has 0 fully saturated rings. The fourth-order valence-corrected chi connectivity index (χ4v) is 1.46. The molecule has 0 aliphatic heterocycles. The summed E-state index contributed by atoms with van der Waals surface area (Å²) in [5, 5.41) is 0. The van der Waals surface area contributed by atoms with Crippen molar-refractivity contribution in [1.29, 1.82) is 0 Å². The quantitative estimate of drug-likeness (QED) is 0.312. The van der Waals surface area contributed by atoms with Crippen LogP contribution in [-0.2, 0) is 19.1 Å². The molecule has 98 valence electrons. The van der Waals surface area contributed by atoms with Crippen molar-refractivity contribution in [3.05, 3.63) is 24.8 Å². The molecular formula is C14H18O4. The van der Waals surface area contributed by atoms with Gasteiger partial charge in [-0.1, -0.05) is 24.8 Å². The van der Waals surface area contributed by atoms with Crippen LogP contribution in [0.1, 0.15) is 19.8 Å². The first kappa shape index (κ1) is 16.0. The van der Waals surface area contributed by atoms with Crippen LogP contribution in [0.5, 0.6) is 0 Å². The lowest BCUT2D eigenvalue weighted by Gasteiger charge is -2.24. The molecule has 0 aromatic heterocycles. The Morgan fingerprint density at radius 1 is 1.28 bits per heavy atom. The summed E-state index contributed by atoms with van der Waals surface area (Å²) in [6.07, 6.45) is 5.10. The number of hydrogen-bond acceptors (Lipinski definition) is 4. The van der Waals surface area contributed by atoms with Crippen LogP contribution in [0.25, 0.3) is 0 Å². The molecular weight excluding hydrogens is 232 g/mol. The second kappa shape index (κ2) is 8.13. The highest BCUT2D eigenvalue weighted by molar-refractivity contribution is 6.00. The number of esters is 2. The summed E-state index contributed by atoms with van der Waals surface area (Å²) in [7, 11) is 2.47. The highest BCUT2D eigenvalue weighted by Crippen LogP contribution is 2.30. The normalized spacial score (nSPS) is 10.4. The molecule has 0 saturated carbocycles. The smallest absolute Gasteiger partial charge is 0.324 e. The second-order valence-electron chi connectivity index (χ2n) is 3.54. The summed E-state index contributed by atoms with van der Waals surface area (Å²) in [5.74, 6) is 4.10. The number of methoxy groups -OCH3 is 2. The third-order valence-electron chi connectivity index (χ3n) is 2.46. The van der Waals surface area contributed by atoms with Crippen LogP contribution >= 0.6 is 0 Å². The topological polar surface area (TPSA) is 52.6 Å². The van der Waals surface area contributed by atoms with E-state index in [1.165, 1.54) is 14.2 Å². The molecule has 0 aliphatic carbocycles. The second-order valence-corrected chi connectivity index (χ2v) is 3.54. The Labute approximate surface area is 108 Å². The summed E-state index contributed by atoms with van der Waals surface area (Å²) in [5.41, 5.74) is -1.41. The molecule has 0 bridgehead atoms. The van der Waals surface area contributed by atoms with E-state index in [4.69, 9.17) is 9.47 Å². The molecule has 0 rings (SSSR count). The third kappa shape index (κ3) is 3.77. The van der Waals surface area contributed by atoms with Gasteiger partial charge in [0.25, 0.3) is 0 Å². The molecule has 0 spiro atoms. The summed E-state index contributed by atoms with van der Waals surface area (Å²) < 4.78 is 9.40. The lowest BCUT2D eigenvalue weighted by atomic mass is 9.81. The van der Waals surface area contributed by atoms with Crippen molar-refractivity contribution in [1.82, 2.24) is 0 Å². The number of rotatable bonds is 6. The molecule has 0 radical (unpaired) electrons. The van der Waals surface area contributed by atoms with Gasteiger partial charge in [-0.2, -0.15) is 0 Å². The first-order chi connectivity index (χ1) is 8.58.